The van der Waals surface area contributed by atoms with E-state index in [2.05, 4.69) is 4.74 Å². The number of methoxy groups -OCH3 is 1. The highest BCUT2D eigenvalue weighted by Gasteiger charge is 2.16. The number of carbonyl (C=O) groups excluding carboxylic acids is 3. The first-order valence-electron chi connectivity index (χ1n) is 8.30. The second-order valence-corrected chi connectivity index (χ2v) is 5.53. The van der Waals surface area contributed by atoms with Crippen molar-refractivity contribution in [3.05, 3.63) is 71.8 Å². The van der Waals surface area contributed by atoms with Crippen LogP contribution in [0.25, 0.3) is 6.08 Å². The number of carbonyl (C=O) groups is 3. The Morgan fingerprint density at radius 1 is 1.07 bits per heavy atom. The fraction of sp³-hybridized carbons (Fsp3) is 0.143. The highest BCUT2D eigenvalue weighted by Crippen LogP contribution is 2.13. The molecule has 0 N–H and O–H groups in total. The van der Waals surface area contributed by atoms with Gasteiger partial charge in [-0.3, -0.25) is 9.69 Å². The van der Waals surface area contributed by atoms with Gasteiger partial charge in [0.05, 0.1) is 18.7 Å². The van der Waals surface area contributed by atoms with Gasteiger partial charge in [-0.2, -0.15) is 5.26 Å². The van der Waals surface area contributed by atoms with E-state index >= 15 is 0 Å². The molecule has 0 aliphatic heterocycles. The van der Waals surface area contributed by atoms with E-state index in [-0.39, 0.29) is 6.54 Å². The zero-order valence-corrected chi connectivity index (χ0v) is 15.2. The Labute approximate surface area is 162 Å². The van der Waals surface area contributed by atoms with E-state index in [4.69, 9.17) is 10.00 Å². The third kappa shape index (κ3) is 5.81. The molecule has 28 heavy (non-hydrogen) atoms. The zero-order valence-electron chi connectivity index (χ0n) is 15.2. The maximum atomic E-state index is 12.3. The summed E-state index contributed by atoms with van der Waals surface area (Å²) in [5, 5.41) is 8.91. The van der Waals surface area contributed by atoms with Gasteiger partial charge in [-0.15, -0.1) is 0 Å². The molecule has 0 bridgehead atoms. The maximum absolute atomic E-state index is 12.3. The van der Waals surface area contributed by atoms with E-state index < -0.39 is 24.5 Å². The van der Waals surface area contributed by atoms with Crippen LogP contribution in [0, 0.1) is 11.3 Å². The molecule has 0 fully saturated rings. The lowest BCUT2D eigenvalue weighted by Crippen LogP contribution is -2.34. The monoisotopic (exact) mass is 378 g/mol. The summed E-state index contributed by atoms with van der Waals surface area (Å²) in [6.07, 6.45) is 2.68. The number of para-hydroxylation sites is 1. The number of amides is 1. The third-order valence-electron chi connectivity index (χ3n) is 3.68. The molecule has 0 saturated carbocycles. The average molecular weight is 378 g/mol. The van der Waals surface area contributed by atoms with Crippen LogP contribution in [0.15, 0.2) is 60.7 Å². The van der Waals surface area contributed by atoms with Gasteiger partial charge in [0, 0.05) is 11.8 Å². The van der Waals surface area contributed by atoms with Crippen molar-refractivity contribution < 1.29 is 23.9 Å². The molecule has 7 nitrogen and oxygen atoms in total. The van der Waals surface area contributed by atoms with Gasteiger partial charge in [0.25, 0.3) is 5.91 Å². The highest BCUT2D eigenvalue weighted by molar-refractivity contribution is 5.97. The number of ether oxygens (including phenoxy) is 2. The van der Waals surface area contributed by atoms with E-state index in [0.29, 0.717) is 16.8 Å². The fourth-order valence-corrected chi connectivity index (χ4v) is 2.27. The standard InChI is InChI=1S/C21H18N2O5/c1-27-21(26)17-10-7-16(8-11-17)9-12-20(25)28-15-19(24)23(14-13-22)18-5-3-2-4-6-18/h2-12H,14-15H2,1H3/b12-9+. The molecule has 2 rings (SSSR count). The van der Waals surface area contributed by atoms with E-state index in [1.54, 1.807) is 54.6 Å². The van der Waals surface area contributed by atoms with Crippen LogP contribution in [-0.2, 0) is 19.1 Å². The van der Waals surface area contributed by atoms with Gasteiger partial charge < -0.3 is 9.47 Å². The van der Waals surface area contributed by atoms with Crippen LogP contribution >= 0.6 is 0 Å². The first kappa shape index (κ1) is 20.4. The molecule has 0 radical (unpaired) electrons. The molecule has 7 heteroatoms. The molecular formula is C21H18N2O5. The first-order chi connectivity index (χ1) is 13.5. The molecule has 2 aromatic carbocycles. The fourth-order valence-electron chi connectivity index (χ4n) is 2.27. The number of nitrogens with zero attached hydrogens (tertiary/aromatic N) is 2. The number of nitriles is 1. The molecule has 0 aliphatic carbocycles. The minimum atomic E-state index is -0.699. The summed E-state index contributed by atoms with van der Waals surface area (Å²) in [5.74, 6) is -1.65. The summed E-state index contributed by atoms with van der Waals surface area (Å²) in [7, 11) is 1.29. The quantitative estimate of drug-likeness (QED) is 0.417. The van der Waals surface area contributed by atoms with Crippen molar-refractivity contribution in [2.24, 2.45) is 0 Å². The molecule has 0 aliphatic rings. The minimum Gasteiger partial charge on any atom is -0.465 e. The topological polar surface area (TPSA) is 96.7 Å². The average Bonchev–Trinajstić information content (AvgIpc) is 2.74. The summed E-state index contributed by atoms with van der Waals surface area (Å²) < 4.78 is 9.56. The highest BCUT2D eigenvalue weighted by atomic mass is 16.5. The lowest BCUT2D eigenvalue weighted by atomic mass is 10.1. The predicted octanol–water partition coefficient (Wildman–Crippen LogP) is 2.59. The Morgan fingerprint density at radius 3 is 2.36 bits per heavy atom. The molecule has 0 atom stereocenters. The van der Waals surface area contributed by atoms with E-state index in [9.17, 15) is 14.4 Å². The second-order valence-electron chi connectivity index (χ2n) is 5.53. The summed E-state index contributed by atoms with van der Waals surface area (Å²) in [6.45, 7) is -0.635. The lowest BCUT2D eigenvalue weighted by Gasteiger charge is -2.19. The van der Waals surface area contributed by atoms with Crippen molar-refractivity contribution in [1.29, 1.82) is 5.26 Å². The molecule has 0 unspecified atom stereocenters. The Kier molecular flexibility index (Phi) is 7.49. The Balaban J connectivity index is 1.92. The predicted molar refractivity (Wildman–Crippen MR) is 102 cm³/mol. The molecule has 0 aromatic heterocycles. The van der Waals surface area contributed by atoms with Crippen molar-refractivity contribution in [2.45, 2.75) is 0 Å². The van der Waals surface area contributed by atoms with Gasteiger partial charge in [0.2, 0.25) is 0 Å². The van der Waals surface area contributed by atoms with Crippen LogP contribution in [0.3, 0.4) is 0 Å². The lowest BCUT2D eigenvalue weighted by molar-refractivity contribution is -0.142. The van der Waals surface area contributed by atoms with E-state index in [0.717, 1.165) is 0 Å². The van der Waals surface area contributed by atoms with Crippen LogP contribution in [0.4, 0.5) is 5.69 Å². The van der Waals surface area contributed by atoms with Crippen LogP contribution in [0.1, 0.15) is 15.9 Å². The molecule has 0 saturated heterocycles. The molecule has 1 amide bonds. The summed E-state index contributed by atoms with van der Waals surface area (Å²) in [4.78, 5) is 36.7. The number of hydrogen-bond donors (Lipinski definition) is 0. The molecule has 0 spiro atoms. The van der Waals surface area contributed by atoms with E-state index in [1.165, 1.54) is 24.2 Å². The molecular weight excluding hydrogens is 360 g/mol. The number of esters is 2. The van der Waals surface area contributed by atoms with Crippen LogP contribution < -0.4 is 4.90 Å². The van der Waals surface area contributed by atoms with Crippen molar-refractivity contribution >= 4 is 29.6 Å². The smallest absolute Gasteiger partial charge is 0.337 e. The SMILES string of the molecule is COC(=O)c1ccc(/C=C/C(=O)OCC(=O)N(CC#N)c2ccccc2)cc1. The van der Waals surface area contributed by atoms with Crippen molar-refractivity contribution in [3.63, 3.8) is 0 Å². The van der Waals surface area contributed by atoms with Gasteiger partial charge >= 0.3 is 11.9 Å². The number of benzene rings is 2. The largest absolute Gasteiger partial charge is 0.465 e. The molecule has 0 heterocycles. The van der Waals surface area contributed by atoms with Gasteiger partial charge in [0.15, 0.2) is 6.61 Å². The van der Waals surface area contributed by atoms with Gasteiger partial charge in [-0.1, -0.05) is 30.3 Å². The van der Waals surface area contributed by atoms with Crippen molar-refractivity contribution in [3.8, 4) is 6.07 Å². The zero-order chi connectivity index (χ0) is 20.4. The number of rotatable bonds is 7. The van der Waals surface area contributed by atoms with E-state index in [1.807, 2.05) is 6.07 Å². The van der Waals surface area contributed by atoms with Crippen LogP contribution in [0.2, 0.25) is 0 Å². The van der Waals surface area contributed by atoms with Gasteiger partial charge in [-0.25, -0.2) is 9.59 Å². The Morgan fingerprint density at radius 2 is 1.75 bits per heavy atom. The third-order valence-corrected chi connectivity index (χ3v) is 3.68. The van der Waals surface area contributed by atoms with Crippen LogP contribution in [-0.4, -0.2) is 38.1 Å². The van der Waals surface area contributed by atoms with Crippen molar-refractivity contribution in [1.82, 2.24) is 0 Å². The molecule has 2 aromatic rings. The second kappa shape index (κ2) is 10.3. The summed E-state index contributed by atoms with van der Waals surface area (Å²) >= 11 is 0. The molecule has 142 valence electrons. The number of anilines is 1. The minimum absolute atomic E-state index is 0.150. The normalized spacial score (nSPS) is 10.1. The first-order valence-corrected chi connectivity index (χ1v) is 8.30. The van der Waals surface area contributed by atoms with Gasteiger partial charge in [-0.05, 0) is 35.9 Å². The van der Waals surface area contributed by atoms with Gasteiger partial charge in [0.1, 0.15) is 6.54 Å². The summed E-state index contributed by atoms with van der Waals surface area (Å²) in [5.41, 5.74) is 1.61. The Hall–Kier alpha value is -3.92. The number of hydrogen-bond acceptors (Lipinski definition) is 6. The maximum Gasteiger partial charge on any atom is 0.337 e. The summed E-state index contributed by atoms with van der Waals surface area (Å²) in [6, 6.07) is 17.0. The van der Waals surface area contributed by atoms with Crippen molar-refractivity contribution in [2.75, 3.05) is 25.2 Å². The van der Waals surface area contributed by atoms with Crippen LogP contribution in [0.5, 0.6) is 0 Å². The Bertz CT molecular complexity index is 899.